The van der Waals surface area contributed by atoms with Crippen molar-refractivity contribution in [2.45, 2.75) is 24.5 Å². The summed E-state index contributed by atoms with van der Waals surface area (Å²) < 4.78 is 26.3. The highest BCUT2D eigenvalue weighted by atomic mass is 79.9. The zero-order valence-corrected chi connectivity index (χ0v) is 29.5. The lowest BCUT2D eigenvalue weighted by molar-refractivity contribution is -0.0643. The lowest BCUT2D eigenvalue weighted by Crippen LogP contribution is -2.47. The van der Waals surface area contributed by atoms with Crippen LogP contribution in [0.1, 0.15) is 47.7 Å². The molecule has 1 aliphatic heterocycles. The van der Waals surface area contributed by atoms with E-state index in [4.69, 9.17) is 18.9 Å². The summed E-state index contributed by atoms with van der Waals surface area (Å²) in [5.41, 5.74) is -1.49. The number of halogens is 2. The van der Waals surface area contributed by atoms with Gasteiger partial charge in [0, 0.05) is 26.8 Å². The van der Waals surface area contributed by atoms with Gasteiger partial charge in [-0.2, -0.15) is 4.57 Å². The van der Waals surface area contributed by atoms with Gasteiger partial charge in [-0.1, -0.05) is 68.3 Å². The zero-order valence-electron chi connectivity index (χ0n) is 26.3. The smallest absolute Gasteiger partial charge is 0.340 e. The fourth-order valence-electron chi connectivity index (χ4n) is 5.29. The third-order valence-corrected chi connectivity index (χ3v) is 8.89. The van der Waals surface area contributed by atoms with Crippen molar-refractivity contribution in [3.05, 3.63) is 173 Å². The molecule has 0 unspecified atom stereocenters. The van der Waals surface area contributed by atoms with Gasteiger partial charge in [-0.3, -0.25) is 14.2 Å². The van der Waals surface area contributed by atoms with Gasteiger partial charge in [0.05, 0.1) is 16.7 Å². The van der Waals surface area contributed by atoms with Crippen molar-refractivity contribution in [3.63, 3.8) is 0 Å². The highest BCUT2D eigenvalue weighted by Gasteiger charge is 2.52. The van der Waals surface area contributed by atoms with Gasteiger partial charge in [-0.25, -0.2) is 19.2 Å². The van der Waals surface area contributed by atoms with Gasteiger partial charge < -0.3 is 18.9 Å². The molecule has 0 aliphatic carbocycles. The Morgan fingerprint density at radius 3 is 1.65 bits per heavy atom. The number of aromatic nitrogens is 2. The van der Waals surface area contributed by atoms with E-state index in [2.05, 4.69) is 31.9 Å². The molecule has 1 aromatic heterocycles. The second kappa shape index (κ2) is 15.6. The quantitative estimate of drug-likeness (QED) is 0.139. The minimum absolute atomic E-state index is 0.0435. The molecule has 2 heterocycles. The topological polar surface area (TPSA) is 149 Å². The van der Waals surface area contributed by atoms with Crippen LogP contribution in [0.25, 0.3) is 0 Å². The number of ether oxygens (including phenoxy) is 4. The van der Waals surface area contributed by atoms with E-state index in [0.29, 0.717) is 9.04 Å². The predicted molar refractivity (Wildman–Crippen MR) is 188 cm³/mol. The SMILES string of the molecule is O=C(OC[C@@H]1O[C@H](n2ccc(=O)n(C(=O)c3ccc(Br)cc3)c2=O)[C@H](OC(=O)c2ccccc2)[C@@H]1OC(=O)c1ccccc1)c1ccc(Br)cc1. The first-order valence-electron chi connectivity index (χ1n) is 15.4. The molecule has 0 bridgehead atoms. The van der Waals surface area contributed by atoms with E-state index in [1.807, 2.05) is 0 Å². The van der Waals surface area contributed by atoms with Crippen LogP contribution in [0.5, 0.6) is 0 Å². The summed E-state index contributed by atoms with van der Waals surface area (Å²) in [6.07, 6.45) is -4.79. The van der Waals surface area contributed by atoms with E-state index >= 15 is 0 Å². The minimum atomic E-state index is -1.57. The van der Waals surface area contributed by atoms with Crippen LogP contribution in [0.4, 0.5) is 0 Å². The predicted octanol–water partition coefficient (Wildman–Crippen LogP) is 5.43. The van der Waals surface area contributed by atoms with Crippen molar-refractivity contribution in [2.75, 3.05) is 6.61 Å². The van der Waals surface area contributed by atoms with Crippen LogP contribution in [0.2, 0.25) is 0 Å². The van der Waals surface area contributed by atoms with Gasteiger partial charge in [-0.05, 0) is 72.8 Å². The van der Waals surface area contributed by atoms with E-state index < -0.39 is 66.2 Å². The van der Waals surface area contributed by atoms with Gasteiger partial charge in [0.15, 0.2) is 18.4 Å². The van der Waals surface area contributed by atoms with E-state index in [1.165, 1.54) is 48.5 Å². The minimum Gasteiger partial charge on any atom is -0.459 e. The molecule has 6 rings (SSSR count). The first-order chi connectivity index (χ1) is 24.6. The maximum absolute atomic E-state index is 14.0. The first-order valence-corrected chi connectivity index (χ1v) is 16.9. The summed E-state index contributed by atoms with van der Waals surface area (Å²) in [7, 11) is 0. The van der Waals surface area contributed by atoms with Crippen LogP contribution in [-0.2, 0) is 18.9 Å². The molecule has 0 amide bonds. The highest BCUT2D eigenvalue weighted by Crippen LogP contribution is 2.35. The number of carbonyl (C=O) groups is 4. The Kier molecular flexibility index (Phi) is 10.8. The standard InChI is InChI=1S/C37H26Br2N2O10/c38-26-15-11-22(12-16-26)32(43)41-29(42)19-20-40(37(41)47)33-31(51-36(46)24-9-5-2-6-10-24)30(50-35(45)23-7-3-1-4-8-23)28(49-33)21-48-34(44)25-13-17-27(39)18-14-25/h1-20,28,30-31,33H,21H2/t28-,30+,31+,33-/m0/s1. The molecule has 1 aliphatic rings. The average Bonchev–Trinajstić information content (AvgIpc) is 3.47. The van der Waals surface area contributed by atoms with E-state index in [-0.39, 0.29) is 22.3 Å². The summed E-state index contributed by atoms with van der Waals surface area (Å²) in [4.78, 5) is 80.3. The Balaban J connectivity index is 1.41. The molecule has 0 N–H and O–H groups in total. The molecule has 12 nitrogen and oxygen atoms in total. The second-order valence-electron chi connectivity index (χ2n) is 11.1. The molecule has 14 heteroatoms. The molecule has 1 fully saturated rings. The van der Waals surface area contributed by atoms with Crippen LogP contribution in [0, 0.1) is 0 Å². The second-order valence-corrected chi connectivity index (χ2v) is 13.0. The Hall–Kier alpha value is -5.44. The maximum Gasteiger partial charge on any atom is 0.340 e. The third-order valence-electron chi connectivity index (χ3n) is 7.83. The van der Waals surface area contributed by atoms with Crippen molar-refractivity contribution >= 4 is 55.7 Å². The fraction of sp³-hybridized carbons (Fsp3) is 0.135. The van der Waals surface area contributed by atoms with E-state index in [0.717, 1.165) is 21.3 Å². The molecule has 4 aromatic carbocycles. The van der Waals surface area contributed by atoms with Crippen LogP contribution >= 0.6 is 31.9 Å². The van der Waals surface area contributed by atoms with Gasteiger partial charge in [-0.15, -0.1) is 0 Å². The van der Waals surface area contributed by atoms with Gasteiger partial charge >= 0.3 is 23.6 Å². The first kappa shape index (κ1) is 35.4. The van der Waals surface area contributed by atoms with Crippen molar-refractivity contribution < 1.29 is 38.1 Å². The molecule has 258 valence electrons. The lowest BCUT2D eigenvalue weighted by Gasteiger charge is -2.25. The molecule has 5 aromatic rings. The number of hydrogen-bond donors (Lipinski definition) is 0. The van der Waals surface area contributed by atoms with Crippen LogP contribution in [0.15, 0.2) is 140 Å². The summed E-state index contributed by atoms with van der Waals surface area (Å²) >= 11 is 6.60. The maximum atomic E-state index is 14.0. The van der Waals surface area contributed by atoms with Crippen molar-refractivity contribution in [1.29, 1.82) is 0 Å². The van der Waals surface area contributed by atoms with Crippen molar-refractivity contribution in [1.82, 2.24) is 9.13 Å². The van der Waals surface area contributed by atoms with Crippen LogP contribution < -0.4 is 11.2 Å². The Morgan fingerprint density at radius 2 is 1.10 bits per heavy atom. The Bertz CT molecular complexity index is 2190. The normalized spacial score (nSPS) is 18.1. The van der Waals surface area contributed by atoms with Gasteiger partial charge in [0.1, 0.15) is 12.7 Å². The fourth-order valence-corrected chi connectivity index (χ4v) is 5.82. The summed E-state index contributed by atoms with van der Waals surface area (Å²) in [5.74, 6) is -3.33. The van der Waals surface area contributed by atoms with Gasteiger partial charge in [0.25, 0.3) is 11.5 Å². The van der Waals surface area contributed by atoms with Crippen molar-refractivity contribution in [3.8, 4) is 0 Å². The van der Waals surface area contributed by atoms with Crippen molar-refractivity contribution in [2.24, 2.45) is 0 Å². The molecule has 51 heavy (non-hydrogen) atoms. The molecule has 0 saturated carbocycles. The summed E-state index contributed by atoms with van der Waals surface area (Å²) in [6.45, 7) is -0.510. The number of hydrogen-bond acceptors (Lipinski definition) is 10. The summed E-state index contributed by atoms with van der Waals surface area (Å²) in [5, 5.41) is 0. The molecular weight excluding hydrogens is 792 g/mol. The van der Waals surface area contributed by atoms with E-state index in [9.17, 15) is 28.8 Å². The average molecular weight is 818 g/mol. The Morgan fingerprint density at radius 1 is 0.608 bits per heavy atom. The van der Waals surface area contributed by atoms with Crippen LogP contribution in [-0.4, -0.2) is 57.9 Å². The summed E-state index contributed by atoms with van der Waals surface area (Å²) in [6, 6.07) is 29.3. The Labute approximate surface area is 306 Å². The molecule has 0 radical (unpaired) electrons. The molecule has 1 saturated heterocycles. The zero-order chi connectivity index (χ0) is 36.1. The highest BCUT2D eigenvalue weighted by molar-refractivity contribution is 9.10. The molecular formula is C37H26Br2N2O10. The van der Waals surface area contributed by atoms with Gasteiger partial charge in [0.2, 0.25) is 0 Å². The number of rotatable bonds is 9. The number of carbonyl (C=O) groups excluding carboxylic acids is 4. The lowest BCUT2D eigenvalue weighted by atomic mass is 10.1. The van der Waals surface area contributed by atoms with Crippen LogP contribution in [0.3, 0.4) is 0 Å². The van der Waals surface area contributed by atoms with E-state index in [1.54, 1.807) is 60.7 Å². The number of nitrogens with zero attached hydrogens (tertiary/aromatic N) is 2. The molecule has 0 spiro atoms. The number of esters is 3. The number of benzene rings is 4. The largest absolute Gasteiger partial charge is 0.459 e. The molecule has 4 atom stereocenters. The third kappa shape index (κ3) is 7.98. The monoisotopic (exact) mass is 816 g/mol.